The number of nitrogens with zero attached hydrogens (tertiary/aromatic N) is 1. The molecule has 0 radical (unpaired) electrons. The summed E-state index contributed by atoms with van der Waals surface area (Å²) in [7, 11) is 0. The van der Waals surface area contributed by atoms with Gasteiger partial charge >= 0.3 is 0 Å². The molecule has 78 valence electrons. The molecule has 0 aromatic carbocycles. The topological polar surface area (TPSA) is 34.1 Å². The van der Waals surface area contributed by atoms with Gasteiger partial charge in [0, 0.05) is 31.3 Å². The fourth-order valence-electron chi connectivity index (χ4n) is 1.65. The third-order valence-electron chi connectivity index (χ3n) is 2.51. The maximum absolute atomic E-state index is 5.32. The smallest absolute Gasteiger partial charge is 0.106 e. The van der Waals surface area contributed by atoms with Gasteiger partial charge in [-0.05, 0) is 25.3 Å². The zero-order valence-electron chi connectivity index (χ0n) is 8.24. The summed E-state index contributed by atoms with van der Waals surface area (Å²) in [4.78, 5) is 4.22. The van der Waals surface area contributed by atoms with Gasteiger partial charge in [0.15, 0.2) is 0 Å². The summed E-state index contributed by atoms with van der Waals surface area (Å²) in [5.74, 6) is 0.777. The Morgan fingerprint density at radius 1 is 1.64 bits per heavy atom. The van der Waals surface area contributed by atoms with E-state index in [1.165, 1.54) is 17.8 Å². The molecule has 0 amide bonds. The molecule has 1 atom stereocenters. The lowest BCUT2D eigenvalue weighted by molar-refractivity contribution is 0.184. The quantitative estimate of drug-likeness (QED) is 0.754. The first-order valence-corrected chi connectivity index (χ1v) is 6.00. The minimum atomic E-state index is 0.777. The van der Waals surface area contributed by atoms with Crippen molar-refractivity contribution < 1.29 is 4.74 Å². The van der Waals surface area contributed by atoms with E-state index in [0.29, 0.717) is 0 Å². The van der Waals surface area contributed by atoms with E-state index in [2.05, 4.69) is 10.3 Å². The van der Waals surface area contributed by atoms with E-state index in [4.69, 9.17) is 4.74 Å². The van der Waals surface area contributed by atoms with Crippen molar-refractivity contribution in [3.05, 3.63) is 16.6 Å². The monoisotopic (exact) mass is 212 g/mol. The van der Waals surface area contributed by atoms with Gasteiger partial charge in [-0.15, -0.1) is 11.3 Å². The molecule has 14 heavy (non-hydrogen) atoms. The Morgan fingerprint density at radius 2 is 2.64 bits per heavy atom. The van der Waals surface area contributed by atoms with Crippen LogP contribution >= 0.6 is 11.3 Å². The number of ether oxygens (including phenoxy) is 1. The van der Waals surface area contributed by atoms with Gasteiger partial charge in [0.25, 0.3) is 0 Å². The first-order valence-electron chi connectivity index (χ1n) is 5.12. The molecule has 1 aromatic heterocycles. The zero-order chi connectivity index (χ0) is 9.64. The average molecular weight is 212 g/mol. The lowest BCUT2D eigenvalue weighted by Crippen LogP contribution is -2.17. The SMILES string of the molecule is c1csc(CNCCC2CCOC2)n1. The summed E-state index contributed by atoms with van der Waals surface area (Å²) in [6.45, 7) is 3.90. The third kappa shape index (κ3) is 3.04. The normalized spacial score (nSPS) is 21.6. The van der Waals surface area contributed by atoms with E-state index in [1.807, 2.05) is 11.6 Å². The summed E-state index contributed by atoms with van der Waals surface area (Å²) in [6.07, 6.45) is 4.32. The van der Waals surface area contributed by atoms with Gasteiger partial charge in [-0.2, -0.15) is 0 Å². The molecule has 0 spiro atoms. The minimum absolute atomic E-state index is 0.777. The highest BCUT2D eigenvalue weighted by Gasteiger charge is 2.14. The maximum Gasteiger partial charge on any atom is 0.106 e. The van der Waals surface area contributed by atoms with Crippen LogP contribution in [0, 0.1) is 5.92 Å². The fourth-order valence-corrected chi connectivity index (χ4v) is 2.24. The van der Waals surface area contributed by atoms with Crippen molar-refractivity contribution in [2.45, 2.75) is 19.4 Å². The van der Waals surface area contributed by atoms with Crippen molar-refractivity contribution in [1.82, 2.24) is 10.3 Å². The van der Waals surface area contributed by atoms with Crippen molar-refractivity contribution in [2.24, 2.45) is 5.92 Å². The minimum Gasteiger partial charge on any atom is -0.381 e. The van der Waals surface area contributed by atoms with Gasteiger partial charge in [0.2, 0.25) is 0 Å². The molecular formula is C10H16N2OS. The van der Waals surface area contributed by atoms with Gasteiger partial charge in [-0.1, -0.05) is 0 Å². The number of thiazole rings is 1. The Bertz CT molecular complexity index is 245. The Kier molecular flexibility index (Phi) is 3.91. The third-order valence-corrected chi connectivity index (χ3v) is 3.29. The lowest BCUT2D eigenvalue weighted by Gasteiger charge is -2.07. The highest BCUT2D eigenvalue weighted by molar-refractivity contribution is 7.09. The number of nitrogens with one attached hydrogen (secondary N) is 1. The highest BCUT2D eigenvalue weighted by atomic mass is 32.1. The molecule has 0 saturated carbocycles. The second kappa shape index (κ2) is 5.44. The maximum atomic E-state index is 5.32. The van der Waals surface area contributed by atoms with Crippen LogP contribution in [0.2, 0.25) is 0 Å². The Labute approximate surface area is 88.5 Å². The van der Waals surface area contributed by atoms with Crippen LogP contribution in [0.5, 0.6) is 0 Å². The molecule has 1 aliphatic rings. The molecule has 1 aromatic rings. The van der Waals surface area contributed by atoms with E-state index in [1.54, 1.807) is 11.3 Å². The van der Waals surface area contributed by atoms with Gasteiger partial charge in [-0.25, -0.2) is 4.98 Å². The summed E-state index contributed by atoms with van der Waals surface area (Å²) in [5.41, 5.74) is 0. The fraction of sp³-hybridized carbons (Fsp3) is 0.700. The molecule has 1 saturated heterocycles. The molecule has 1 fully saturated rings. The predicted molar refractivity (Wildman–Crippen MR) is 57.4 cm³/mol. The van der Waals surface area contributed by atoms with Gasteiger partial charge in [-0.3, -0.25) is 0 Å². The van der Waals surface area contributed by atoms with Crippen LogP contribution in [0.25, 0.3) is 0 Å². The van der Waals surface area contributed by atoms with Crippen molar-refractivity contribution in [1.29, 1.82) is 0 Å². The molecule has 4 heteroatoms. The second-order valence-corrected chi connectivity index (χ2v) is 4.60. The summed E-state index contributed by atoms with van der Waals surface area (Å²) in [6, 6.07) is 0. The number of aromatic nitrogens is 1. The van der Waals surface area contributed by atoms with Gasteiger partial charge in [0.1, 0.15) is 5.01 Å². The van der Waals surface area contributed by atoms with Crippen molar-refractivity contribution >= 4 is 11.3 Å². The van der Waals surface area contributed by atoms with Crippen LogP contribution in [-0.4, -0.2) is 24.7 Å². The van der Waals surface area contributed by atoms with Crippen molar-refractivity contribution in [3.8, 4) is 0 Å². The van der Waals surface area contributed by atoms with Crippen LogP contribution in [0.3, 0.4) is 0 Å². The number of hydrogen-bond donors (Lipinski definition) is 1. The van der Waals surface area contributed by atoms with E-state index >= 15 is 0 Å². The Hall–Kier alpha value is -0.450. The van der Waals surface area contributed by atoms with Gasteiger partial charge < -0.3 is 10.1 Å². The first-order chi connectivity index (χ1) is 6.95. The molecule has 1 unspecified atom stereocenters. The standard InChI is InChI=1S/C10H16N2OS/c1(9-2-5-13-8-9)3-11-7-10-12-4-6-14-10/h4,6,9,11H,1-3,5,7-8H2. The van der Waals surface area contributed by atoms with E-state index in [9.17, 15) is 0 Å². The predicted octanol–water partition coefficient (Wildman–Crippen LogP) is 1.66. The van der Waals surface area contributed by atoms with Crippen LogP contribution in [0.15, 0.2) is 11.6 Å². The van der Waals surface area contributed by atoms with E-state index < -0.39 is 0 Å². The van der Waals surface area contributed by atoms with Crippen LogP contribution in [0.4, 0.5) is 0 Å². The van der Waals surface area contributed by atoms with E-state index in [-0.39, 0.29) is 0 Å². The highest BCUT2D eigenvalue weighted by Crippen LogP contribution is 2.15. The zero-order valence-corrected chi connectivity index (χ0v) is 9.05. The molecular weight excluding hydrogens is 196 g/mol. The Balaban J connectivity index is 1.55. The summed E-state index contributed by atoms with van der Waals surface area (Å²) in [5, 5.41) is 6.60. The molecule has 3 nitrogen and oxygen atoms in total. The molecule has 0 bridgehead atoms. The summed E-state index contributed by atoms with van der Waals surface area (Å²) >= 11 is 1.71. The lowest BCUT2D eigenvalue weighted by atomic mass is 10.1. The number of hydrogen-bond acceptors (Lipinski definition) is 4. The van der Waals surface area contributed by atoms with Crippen LogP contribution in [-0.2, 0) is 11.3 Å². The van der Waals surface area contributed by atoms with Crippen LogP contribution in [0.1, 0.15) is 17.8 Å². The number of rotatable bonds is 5. The van der Waals surface area contributed by atoms with Gasteiger partial charge in [0.05, 0.1) is 0 Å². The molecule has 0 aliphatic carbocycles. The largest absolute Gasteiger partial charge is 0.381 e. The van der Waals surface area contributed by atoms with Crippen LogP contribution < -0.4 is 5.32 Å². The van der Waals surface area contributed by atoms with Crippen molar-refractivity contribution in [3.63, 3.8) is 0 Å². The second-order valence-electron chi connectivity index (χ2n) is 3.62. The molecule has 1 N–H and O–H groups in total. The Morgan fingerprint density at radius 3 is 3.36 bits per heavy atom. The summed E-state index contributed by atoms with van der Waals surface area (Å²) < 4.78 is 5.32. The van der Waals surface area contributed by atoms with Crippen molar-refractivity contribution in [2.75, 3.05) is 19.8 Å². The molecule has 1 aliphatic heterocycles. The molecule has 2 heterocycles. The first kappa shape index (κ1) is 10.1. The molecule has 2 rings (SSSR count). The van der Waals surface area contributed by atoms with E-state index in [0.717, 1.165) is 32.2 Å². The average Bonchev–Trinajstić information content (AvgIpc) is 2.86.